The largest absolute Gasteiger partial charge is 0.385 e. The van der Waals surface area contributed by atoms with E-state index in [1.54, 1.807) is 6.07 Å². The third kappa shape index (κ3) is 3.02. The SMILES string of the molecule is O=C(Nc1ccc2c(c1)CCCN2)c1cc(F)cc(F)c1. The quantitative estimate of drug-likeness (QED) is 0.887. The van der Waals surface area contributed by atoms with Crippen LogP contribution in [0.4, 0.5) is 20.2 Å². The molecule has 1 amide bonds. The zero-order valence-corrected chi connectivity index (χ0v) is 11.2. The van der Waals surface area contributed by atoms with Crippen LogP contribution < -0.4 is 10.6 Å². The molecule has 0 fully saturated rings. The van der Waals surface area contributed by atoms with E-state index < -0.39 is 17.5 Å². The van der Waals surface area contributed by atoms with E-state index in [4.69, 9.17) is 0 Å². The molecule has 0 atom stereocenters. The van der Waals surface area contributed by atoms with Crippen LogP contribution in [-0.4, -0.2) is 12.5 Å². The van der Waals surface area contributed by atoms with E-state index in [0.29, 0.717) is 5.69 Å². The van der Waals surface area contributed by atoms with Gasteiger partial charge in [-0.25, -0.2) is 8.78 Å². The summed E-state index contributed by atoms with van der Waals surface area (Å²) < 4.78 is 26.2. The molecule has 2 aromatic carbocycles. The molecule has 0 radical (unpaired) electrons. The highest BCUT2D eigenvalue weighted by Gasteiger charge is 2.12. The molecule has 0 aromatic heterocycles. The Bertz CT molecular complexity index is 680. The summed E-state index contributed by atoms with van der Waals surface area (Å²) >= 11 is 0. The summed E-state index contributed by atoms with van der Waals surface area (Å²) in [6.45, 7) is 0.946. The molecule has 0 saturated carbocycles. The van der Waals surface area contributed by atoms with Crippen molar-refractivity contribution in [2.24, 2.45) is 0 Å². The summed E-state index contributed by atoms with van der Waals surface area (Å²) in [5.41, 5.74) is 2.77. The Kier molecular flexibility index (Phi) is 3.56. The van der Waals surface area contributed by atoms with Crippen molar-refractivity contribution in [3.63, 3.8) is 0 Å². The number of carbonyl (C=O) groups excluding carboxylic acids is 1. The summed E-state index contributed by atoms with van der Waals surface area (Å²) in [7, 11) is 0. The first kappa shape index (κ1) is 13.5. The Morgan fingerprint density at radius 1 is 1.10 bits per heavy atom. The van der Waals surface area contributed by atoms with Gasteiger partial charge in [0.2, 0.25) is 0 Å². The molecule has 2 N–H and O–H groups in total. The fourth-order valence-corrected chi connectivity index (χ4v) is 2.44. The van der Waals surface area contributed by atoms with Crippen molar-refractivity contribution in [3.8, 4) is 0 Å². The van der Waals surface area contributed by atoms with Gasteiger partial charge in [0, 0.05) is 29.5 Å². The molecule has 2 aromatic rings. The van der Waals surface area contributed by atoms with E-state index in [0.717, 1.165) is 48.8 Å². The lowest BCUT2D eigenvalue weighted by Crippen LogP contribution is -2.15. The minimum absolute atomic E-state index is 0.0386. The number of benzene rings is 2. The van der Waals surface area contributed by atoms with Gasteiger partial charge < -0.3 is 10.6 Å². The molecule has 0 spiro atoms. The molecular weight excluding hydrogens is 274 g/mol. The molecule has 0 aliphatic carbocycles. The average molecular weight is 288 g/mol. The van der Waals surface area contributed by atoms with Crippen molar-refractivity contribution in [1.82, 2.24) is 0 Å². The lowest BCUT2D eigenvalue weighted by Gasteiger charge is -2.18. The number of rotatable bonds is 2. The third-order valence-corrected chi connectivity index (χ3v) is 3.43. The second kappa shape index (κ2) is 5.52. The molecular formula is C16H14F2N2O. The number of anilines is 2. The molecule has 5 heteroatoms. The van der Waals surface area contributed by atoms with Gasteiger partial charge in [-0.1, -0.05) is 0 Å². The number of aryl methyl sites for hydroxylation is 1. The number of carbonyl (C=O) groups is 1. The average Bonchev–Trinajstić information content (AvgIpc) is 2.46. The Hall–Kier alpha value is -2.43. The van der Waals surface area contributed by atoms with Crippen LogP contribution in [0.1, 0.15) is 22.3 Å². The topological polar surface area (TPSA) is 41.1 Å². The molecule has 21 heavy (non-hydrogen) atoms. The highest BCUT2D eigenvalue weighted by Crippen LogP contribution is 2.25. The van der Waals surface area contributed by atoms with Crippen molar-refractivity contribution < 1.29 is 13.6 Å². The predicted octanol–water partition coefficient (Wildman–Crippen LogP) is 3.58. The lowest BCUT2D eigenvalue weighted by atomic mass is 10.0. The standard InChI is InChI=1S/C16H14F2N2O/c17-12-6-11(7-13(18)9-12)16(21)20-14-3-4-15-10(8-14)2-1-5-19-15/h3-4,6-9,19H,1-2,5H2,(H,20,21). The summed E-state index contributed by atoms with van der Waals surface area (Å²) in [4.78, 5) is 12.0. The maximum Gasteiger partial charge on any atom is 0.255 e. The van der Waals surface area contributed by atoms with Gasteiger partial charge in [-0.15, -0.1) is 0 Å². The van der Waals surface area contributed by atoms with Crippen LogP contribution in [-0.2, 0) is 6.42 Å². The molecule has 0 unspecified atom stereocenters. The zero-order valence-electron chi connectivity index (χ0n) is 11.2. The second-order valence-electron chi connectivity index (χ2n) is 5.01. The fraction of sp³-hybridized carbons (Fsp3) is 0.188. The van der Waals surface area contributed by atoms with Crippen LogP contribution in [0.15, 0.2) is 36.4 Å². The Balaban J connectivity index is 1.81. The first-order chi connectivity index (χ1) is 10.1. The maximum atomic E-state index is 13.1. The van der Waals surface area contributed by atoms with Gasteiger partial charge in [-0.2, -0.15) is 0 Å². The Morgan fingerprint density at radius 3 is 2.62 bits per heavy atom. The second-order valence-corrected chi connectivity index (χ2v) is 5.01. The van der Waals surface area contributed by atoms with Crippen molar-refractivity contribution in [2.45, 2.75) is 12.8 Å². The number of hydrogen-bond donors (Lipinski definition) is 2. The van der Waals surface area contributed by atoms with Crippen molar-refractivity contribution >= 4 is 17.3 Å². The normalized spacial score (nSPS) is 13.2. The first-order valence-corrected chi connectivity index (χ1v) is 6.76. The molecule has 0 bridgehead atoms. The van der Waals surface area contributed by atoms with Gasteiger partial charge in [0.15, 0.2) is 0 Å². The van der Waals surface area contributed by atoms with E-state index >= 15 is 0 Å². The van der Waals surface area contributed by atoms with Crippen LogP contribution in [0.25, 0.3) is 0 Å². The van der Waals surface area contributed by atoms with E-state index in [9.17, 15) is 13.6 Å². The van der Waals surface area contributed by atoms with E-state index in [1.807, 2.05) is 12.1 Å². The van der Waals surface area contributed by atoms with Gasteiger partial charge in [-0.05, 0) is 48.7 Å². The lowest BCUT2D eigenvalue weighted by molar-refractivity contribution is 0.102. The Morgan fingerprint density at radius 2 is 1.86 bits per heavy atom. The van der Waals surface area contributed by atoms with Gasteiger partial charge >= 0.3 is 0 Å². The molecule has 1 heterocycles. The van der Waals surface area contributed by atoms with Crippen LogP contribution in [0.5, 0.6) is 0 Å². The minimum Gasteiger partial charge on any atom is -0.385 e. The van der Waals surface area contributed by atoms with Gasteiger partial charge in [0.25, 0.3) is 5.91 Å². The van der Waals surface area contributed by atoms with E-state index in [1.165, 1.54) is 0 Å². The monoisotopic (exact) mass is 288 g/mol. The number of fused-ring (bicyclic) bond motifs is 1. The van der Waals surface area contributed by atoms with Gasteiger partial charge in [0.05, 0.1) is 0 Å². The highest BCUT2D eigenvalue weighted by atomic mass is 19.1. The summed E-state index contributed by atoms with van der Waals surface area (Å²) in [5, 5.41) is 5.94. The molecule has 1 aliphatic rings. The number of nitrogens with one attached hydrogen (secondary N) is 2. The molecule has 108 valence electrons. The van der Waals surface area contributed by atoms with Gasteiger partial charge in [0.1, 0.15) is 11.6 Å². The first-order valence-electron chi connectivity index (χ1n) is 6.76. The fourth-order valence-electron chi connectivity index (χ4n) is 2.44. The summed E-state index contributed by atoms with van der Waals surface area (Å²) in [5.74, 6) is -2.07. The molecule has 1 aliphatic heterocycles. The maximum absolute atomic E-state index is 13.1. The van der Waals surface area contributed by atoms with Crippen molar-refractivity contribution in [1.29, 1.82) is 0 Å². The van der Waals surface area contributed by atoms with Gasteiger partial charge in [-0.3, -0.25) is 4.79 Å². The highest BCUT2D eigenvalue weighted by molar-refractivity contribution is 6.04. The van der Waals surface area contributed by atoms with Crippen LogP contribution >= 0.6 is 0 Å². The summed E-state index contributed by atoms with van der Waals surface area (Å²) in [6.07, 6.45) is 1.99. The molecule has 0 saturated heterocycles. The Labute approximate surface area is 121 Å². The minimum atomic E-state index is -0.769. The predicted molar refractivity (Wildman–Crippen MR) is 77.6 cm³/mol. The zero-order chi connectivity index (χ0) is 14.8. The van der Waals surface area contributed by atoms with Crippen molar-refractivity contribution in [3.05, 3.63) is 59.2 Å². The van der Waals surface area contributed by atoms with Crippen molar-refractivity contribution in [2.75, 3.05) is 17.2 Å². The smallest absolute Gasteiger partial charge is 0.255 e. The van der Waals surface area contributed by atoms with E-state index in [2.05, 4.69) is 10.6 Å². The molecule has 3 rings (SSSR count). The number of hydrogen-bond acceptors (Lipinski definition) is 2. The van der Waals surface area contributed by atoms with Crippen LogP contribution in [0, 0.1) is 11.6 Å². The molecule has 3 nitrogen and oxygen atoms in total. The number of amides is 1. The summed E-state index contributed by atoms with van der Waals surface area (Å²) in [6, 6.07) is 8.31. The van der Waals surface area contributed by atoms with E-state index in [-0.39, 0.29) is 5.56 Å². The van der Waals surface area contributed by atoms with Crippen LogP contribution in [0.3, 0.4) is 0 Å². The third-order valence-electron chi connectivity index (χ3n) is 3.43. The number of halogens is 2. The van der Waals surface area contributed by atoms with Crippen LogP contribution in [0.2, 0.25) is 0 Å².